The van der Waals surface area contributed by atoms with E-state index in [1.54, 1.807) is 11.5 Å². The molecule has 1 aliphatic rings. The van der Waals surface area contributed by atoms with Crippen molar-refractivity contribution in [3.8, 4) is 0 Å². The summed E-state index contributed by atoms with van der Waals surface area (Å²) in [4.78, 5) is 33.1. The van der Waals surface area contributed by atoms with Crippen molar-refractivity contribution < 1.29 is 9.53 Å². The van der Waals surface area contributed by atoms with Gasteiger partial charge in [0, 0.05) is 34.8 Å². The molecule has 0 fully saturated rings. The number of nitrogens with zero attached hydrogens (tertiary/aromatic N) is 3. The summed E-state index contributed by atoms with van der Waals surface area (Å²) in [6.07, 6.45) is 5.81. The van der Waals surface area contributed by atoms with Crippen molar-refractivity contribution in [2.24, 2.45) is 4.99 Å². The topological polar surface area (TPSA) is 65.6 Å². The van der Waals surface area contributed by atoms with Crippen LogP contribution in [-0.4, -0.2) is 21.7 Å². The molecule has 0 saturated heterocycles. The average molecular weight is 546 g/mol. The first-order chi connectivity index (χ1) is 19.6. The highest BCUT2D eigenvalue weighted by Crippen LogP contribution is 2.35. The van der Waals surface area contributed by atoms with E-state index in [-0.39, 0.29) is 12.2 Å². The van der Waals surface area contributed by atoms with E-state index in [0.717, 1.165) is 27.6 Å². The molecule has 40 heavy (non-hydrogen) atoms. The molecule has 0 N–H and O–H groups in total. The van der Waals surface area contributed by atoms with Crippen molar-refractivity contribution >= 4 is 40.0 Å². The Hall–Kier alpha value is -4.75. The third-order valence-corrected chi connectivity index (χ3v) is 7.90. The van der Waals surface area contributed by atoms with Crippen molar-refractivity contribution in [3.63, 3.8) is 0 Å². The lowest BCUT2D eigenvalue weighted by atomic mass is 9.93. The number of thiazole rings is 1. The average Bonchev–Trinajstić information content (AvgIpc) is 3.50. The Balaban J connectivity index is 1.64. The molecular weight excluding hydrogens is 518 g/mol. The minimum Gasteiger partial charge on any atom is -0.463 e. The van der Waals surface area contributed by atoms with E-state index in [9.17, 15) is 9.59 Å². The van der Waals surface area contributed by atoms with Crippen LogP contribution in [-0.2, 0) is 16.1 Å². The fourth-order valence-corrected chi connectivity index (χ4v) is 6.20. The summed E-state index contributed by atoms with van der Waals surface area (Å²) in [5.41, 5.74) is 4.27. The number of fused-ring (bicyclic) bond motifs is 2. The highest BCUT2D eigenvalue weighted by Gasteiger charge is 2.35. The molecule has 7 heteroatoms. The second kappa shape index (κ2) is 10.8. The summed E-state index contributed by atoms with van der Waals surface area (Å²) in [7, 11) is 0. The van der Waals surface area contributed by atoms with Crippen LogP contribution in [0, 0.1) is 0 Å². The number of carbonyl (C=O) groups excluding carboxylic acids is 1. The molecule has 0 aliphatic carbocycles. The minimum atomic E-state index is -0.684. The van der Waals surface area contributed by atoms with Crippen LogP contribution < -0.4 is 14.9 Å². The lowest BCUT2D eigenvalue weighted by Gasteiger charge is -2.25. The first kappa shape index (κ1) is 25.5. The van der Waals surface area contributed by atoms with Gasteiger partial charge in [0.1, 0.15) is 0 Å². The number of para-hydroxylation sites is 1. The molecule has 6 nitrogen and oxygen atoms in total. The van der Waals surface area contributed by atoms with Crippen molar-refractivity contribution in [1.29, 1.82) is 0 Å². The molecule has 2 aromatic heterocycles. The number of aromatic nitrogens is 2. The second-order valence-electron chi connectivity index (χ2n) is 9.38. The molecule has 198 valence electrons. The second-order valence-corrected chi connectivity index (χ2v) is 10.4. The molecule has 0 amide bonds. The molecule has 0 bridgehead atoms. The number of rotatable bonds is 7. The smallest absolute Gasteiger partial charge is 0.338 e. The Morgan fingerprint density at radius 3 is 2.45 bits per heavy atom. The summed E-state index contributed by atoms with van der Waals surface area (Å²) in [6.45, 7) is 6.53. The van der Waals surface area contributed by atoms with Gasteiger partial charge in [-0.15, -0.1) is 6.58 Å². The van der Waals surface area contributed by atoms with Gasteiger partial charge in [-0.1, -0.05) is 96.3 Å². The van der Waals surface area contributed by atoms with Crippen molar-refractivity contribution in [3.05, 3.63) is 146 Å². The molecular formula is C33H27N3O3S. The quantitative estimate of drug-likeness (QED) is 0.212. The monoisotopic (exact) mass is 545 g/mol. The van der Waals surface area contributed by atoms with E-state index in [1.807, 2.05) is 91.1 Å². The summed E-state index contributed by atoms with van der Waals surface area (Å²) >= 11 is 1.32. The van der Waals surface area contributed by atoms with E-state index in [0.29, 0.717) is 27.1 Å². The maximum Gasteiger partial charge on any atom is 0.338 e. The molecule has 1 unspecified atom stereocenters. The van der Waals surface area contributed by atoms with Gasteiger partial charge < -0.3 is 9.30 Å². The summed E-state index contributed by atoms with van der Waals surface area (Å²) in [6, 6.07) is 26.6. The fourth-order valence-electron chi connectivity index (χ4n) is 5.21. The molecule has 0 radical (unpaired) electrons. The van der Waals surface area contributed by atoms with E-state index < -0.39 is 12.0 Å². The Morgan fingerprint density at radius 1 is 1.02 bits per heavy atom. The van der Waals surface area contributed by atoms with Gasteiger partial charge in [-0.2, -0.15) is 0 Å². The highest BCUT2D eigenvalue weighted by molar-refractivity contribution is 7.07. The van der Waals surface area contributed by atoms with Gasteiger partial charge in [-0.05, 0) is 24.6 Å². The lowest BCUT2D eigenvalue weighted by molar-refractivity contribution is -0.138. The number of allylic oxidation sites excluding steroid dienone is 1. The Kier molecular flexibility index (Phi) is 6.88. The van der Waals surface area contributed by atoms with Crippen LogP contribution in [0.4, 0.5) is 0 Å². The number of carbonyl (C=O) groups is 1. The van der Waals surface area contributed by atoms with Crippen molar-refractivity contribution in [2.75, 3.05) is 6.61 Å². The van der Waals surface area contributed by atoms with Crippen molar-refractivity contribution in [1.82, 2.24) is 9.13 Å². The third-order valence-electron chi connectivity index (χ3n) is 6.92. The zero-order chi connectivity index (χ0) is 27.6. The zero-order valence-electron chi connectivity index (χ0n) is 22.0. The predicted octanol–water partition coefficient (Wildman–Crippen LogP) is 5.08. The van der Waals surface area contributed by atoms with Crippen LogP contribution in [0.3, 0.4) is 0 Å². The number of benzene rings is 3. The Bertz CT molecular complexity index is 1950. The van der Waals surface area contributed by atoms with Gasteiger partial charge in [-0.25, -0.2) is 9.79 Å². The molecule has 1 atom stereocenters. The molecule has 3 heterocycles. The SMILES string of the molecule is C=CCn1cc(/C=c2/sc3n(c2=O)C(c2ccccc2)C(C(=O)OCC)=C(c2ccccc2)N=3)c2ccccc21. The van der Waals surface area contributed by atoms with Crippen LogP contribution >= 0.6 is 11.3 Å². The summed E-state index contributed by atoms with van der Waals surface area (Å²) in [5.74, 6) is -0.485. The molecule has 1 aliphatic heterocycles. The number of hydrogen-bond acceptors (Lipinski definition) is 5. The fraction of sp³-hybridized carbons (Fsp3) is 0.121. The molecule has 0 saturated carbocycles. The maximum absolute atomic E-state index is 14.1. The van der Waals surface area contributed by atoms with Gasteiger partial charge in [0.15, 0.2) is 4.80 Å². The van der Waals surface area contributed by atoms with E-state index in [2.05, 4.69) is 23.3 Å². The number of esters is 1. The standard InChI is InChI=1S/C33H27N3O3S/c1-3-19-35-21-24(25-17-11-12-18-26(25)35)20-27-31(37)36-30(23-15-9-6-10-16-23)28(32(38)39-4-2)29(34-33(36)40-27)22-13-7-5-8-14-22/h3,5-18,20-21,30H,1,4,19H2,2H3/b27-20+. The molecule has 3 aromatic carbocycles. The Morgan fingerprint density at radius 2 is 1.73 bits per heavy atom. The largest absolute Gasteiger partial charge is 0.463 e. The van der Waals surface area contributed by atoms with Gasteiger partial charge in [0.25, 0.3) is 5.56 Å². The van der Waals surface area contributed by atoms with Gasteiger partial charge in [0.05, 0.1) is 28.5 Å². The van der Waals surface area contributed by atoms with Crippen LogP contribution in [0.2, 0.25) is 0 Å². The van der Waals surface area contributed by atoms with Gasteiger partial charge >= 0.3 is 5.97 Å². The van der Waals surface area contributed by atoms with Crippen LogP contribution in [0.5, 0.6) is 0 Å². The van der Waals surface area contributed by atoms with Gasteiger partial charge in [0.2, 0.25) is 0 Å². The van der Waals surface area contributed by atoms with Crippen LogP contribution in [0.25, 0.3) is 22.7 Å². The van der Waals surface area contributed by atoms with E-state index in [4.69, 9.17) is 9.73 Å². The predicted molar refractivity (Wildman–Crippen MR) is 160 cm³/mol. The Labute approximate surface area is 235 Å². The molecule has 6 rings (SSSR count). The summed E-state index contributed by atoms with van der Waals surface area (Å²) < 4.78 is 9.82. The molecule has 5 aromatic rings. The van der Waals surface area contributed by atoms with Crippen molar-refractivity contribution in [2.45, 2.75) is 19.5 Å². The lowest BCUT2D eigenvalue weighted by Crippen LogP contribution is -2.39. The molecule has 0 spiro atoms. The third kappa shape index (κ3) is 4.44. The first-order valence-electron chi connectivity index (χ1n) is 13.1. The first-order valence-corrected chi connectivity index (χ1v) is 13.9. The van der Waals surface area contributed by atoms with Crippen LogP contribution in [0.1, 0.15) is 29.7 Å². The minimum absolute atomic E-state index is 0.202. The van der Waals surface area contributed by atoms with E-state index in [1.165, 1.54) is 11.3 Å². The maximum atomic E-state index is 14.1. The normalized spacial score (nSPS) is 15.1. The van der Waals surface area contributed by atoms with Gasteiger partial charge in [-0.3, -0.25) is 9.36 Å². The van der Waals surface area contributed by atoms with Crippen LogP contribution in [0.15, 0.2) is 119 Å². The summed E-state index contributed by atoms with van der Waals surface area (Å²) in [5, 5.41) is 1.05. The van der Waals surface area contributed by atoms with E-state index >= 15 is 0 Å². The zero-order valence-corrected chi connectivity index (χ0v) is 22.8. The number of ether oxygens (including phenoxy) is 1. The highest BCUT2D eigenvalue weighted by atomic mass is 32.1. The number of hydrogen-bond donors (Lipinski definition) is 0.